The lowest BCUT2D eigenvalue weighted by Gasteiger charge is -2.29. The Bertz CT molecular complexity index is 338. The lowest BCUT2D eigenvalue weighted by Crippen LogP contribution is -2.48. The standard InChI is InChI=1S/C16H31N3O2/c1-5-19(10-14-7-6-8-17-9-14)11-15(21)18-16(12(2)3)13(4)20/h12,14,16-17H,5-11H2,1-4H3,(H,18,21). The van der Waals surface area contributed by atoms with Gasteiger partial charge in [-0.05, 0) is 51.2 Å². The maximum absolute atomic E-state index is 12.2. The summed E-state index contributed by atoms with van der Waals surface area (Å²) in [5.41, 5.74) is 0. The van der Waals surface area contributed by atoms with Gasteiger partial charge in [0.25, 0.3) is 0 Å². The number of carbonyl (C=O) groups excluding carboxylic acids is 2. The first kappa shape index (κ1) is 18.1. The lowest BCUT2D eigenvalue weighted by molar-refractivity contribution is -0.128. The highest BCUT2D eigenvalue weighted by Gasteiger charge is 2.22. The second-order valence-corrected chi connectivity index (χ2v) is 6.44. The van der Waals surface area contributed by atoms with Gasteiger partial charge in [-0.15, -0.1) is 0 Å². The van der Waals surface area contributed by atoms with Crippen LogP contribution in [0.2, 0.25) is 0 Å². The van der Waals surface area contributed by atoms with Crippen molar-refractivity contribution >= 4 is 11.7 Å². The van der Waals surface area contributed by atoms with Crippen molar-refractivity contribution in [3.8, 4) is 0 Å². The summed E-state index contributed by atoms with van der Waals surface area (Å²) in [6.07, 6.45) is 2.45. The van der Waals surface area contributed by atoms with Crippen molar-refractivity contribution in [2.24, 2.45) is 11.8 Å². The molecule has 0 aromatic carbocycles. The van der Waals surface area contributed by atoms with Gasteiger partial charge in [-0.3, -0.25) is 14.5 Å². The predicted molar refractivity (Wildman–Crippen MR) is 85.2 cm³/mol. The second-order valence-electron chi connectivity index (χ2n) is 6.44. The first-order valence-electron chi connectivity index (χ1n) is 8.16. The van der Waals surface area contributed by atoms with Crippen LogP contribution < -0.4 is 10.6 Å². The fourth-order valence-corrected chi connectivity index (χ4v) is 2.91. The summed E-state index contributed by atoms with van der Waals surface area (Å²) in [4.78, 5) is 25.9. The van der Waals surface area contributed by atoms with Crippen molar-refractivity contribution in [3.63, 3.8) is 0 Å². The van der Waals surface area contributed by atoms with E-state index >= 15 is 0 Å². The van der Waals surface area contributed by atoms with Gasteiger partial charge in [0.05, 0.1) is 12.6 Å². The number of nitrogens with zero attached hydrogens (tertiary/aromatic N) is 1. The van der Waals surface area contributed by atoms with Crippen LogP contribution in [0.3, 0.4) is 0 Å². The Morgan fingerprint density at radius 1 is 1.38 bits per heavy atom. The number of rotatable bonds is 8. The molecule has 0 aliphatic carbocycles. The van der Waals surface area contributed by atoms with Crippen molar-refractivity contribution in [2.75, 3.05) is 32.7 Å². The van der Waals surface area contributed by atoms with E-state index in [1.54, 1.807) is 0 Å². The third kappa shape index (κ3) is 6.57. The summed E-state index contributed by atoms with van der Waals surface area (Å²) < 4.78 is 0. The van der Waals surface area contributed by atoms with Crippen LogP contribution in [0.25, 0.3) is 0 Å². The molecule has 1 heterocycles. The number of Topliss-reactive ketones (excluding diaryl/α,β-unsaturated/α-hetero) is 1. The van der Waals surface area contributed by atoms with Crippen molar-refractivity contribution in [3.05, 3.63) is 0 Å². The number of ketones is 1. The molecule has 2 unspecified atom stereocenters. The number of carbonyl (C=O) groups is 2. The maximum atomic E-state index is 12.2. The number of nitrogens with one attached hydrogen (secondary N) is 2. The monoisotopic (exact) mass is 297 g/mol. The van der Waals surface area contributed by atoms with E-state index in [1.807, 2.05) is 13.8 Å². The fraction of sp³-hybridized carbons (Fsp3) is 0.875. The van der Waals surface area contributed by atoms with E-state index in [0.29, 0.717) is 12.5 Å². The van der Waals surface area contributed by atoms with E-state index in [4.69, 9.17) is 0 Å². The SMILES string of the molecule is CCN(CC(=O)NC(C(C)=O)C(C)C)CC1CCCNC1. The average Bonchev–Trinajstić information content (AvgIpc) is 2.44. The van der Waals surface area contributed by atoms with Crippen LogP contribution in [0.4, 0.5) is 0 Å². The maximum Gasteiger partial charge on any atom is 0.234 e. The Morgan fingerprint density at radius 2 is 2.10 bits per heavy atom. The summed E-state index contributed by atoms with van der Waals surface area (Å²) >= 11 is 0. The highest BCUT2D eigenvalue weighted by Crippen LogP contribution is 2.11. The van der Waals surface area contributed by atoms with Crippen LogP contribution in [-0.4, -0.2) is 55.4 Å². The van der Waals surface area contributed by atoms with Crippen LogP contribution in [0.15, 0.2) is 0 Å². The fourth-order valence-electron chi connectivity index (χ4n) is 2.91. The van der Waals surface area contributed by atoms with Crippen molar-refractivity contribution in [2.45, 2.75) is 46.6 Å². The van der Waals surface area contributed by atoms with Gasteiger partial charge < -0.3 is 10.6 Å². The van der Waals surface area contributed by atoms with Crippen LogP contribution >= 0.6 is 0 Å². The highest BCUT2D eigenvalue weighted by molar-refractivity contribution is 5.88. The van der Waals surface area contributed by atoms with Gasteiger partial charge in [-0.25, -0.2) is 0 Å². The van der Waals surface area contributed by atoms with Crippen LogP contribution in [0, 0.1) is 11.8 Å². The molecule has 1 amide bonds. The quantitative estimate of drug-likeness (QED) is 0.703. The molecule has 1 saturated heterocycles. The van der Waals surface area contributed by atoms with Gasteiger partial charge in [0.15, 0.2) is 5.78 Å². The van der Waals surface area contributed by atoms with Gasteiger partial charge in [-0.2, -0.15) is 0 Å². The summed E-state index contributed by atoms with van der Waals surface area (Å²) in [5.74, 6) is 0.733. The third-order valence-electron chi connectivity index (χ3n) is 4.15. The molecular formula is C16H31N3O2. The Morgan fingerprint density at radius 3 is 2.57 bits per heavy atom. The van der Waals surface area contributed by atoms with Crippen molar-refractivity contribution in [1.29, 1.82) is 0 Å². The lowest BCUT2D eigenvalue weighted by atomic mass is 9.99. The molecule has 2 atom stereocenters. The third-order valence-corrected chi connectivity index (χ3v) is 4.15. The molecule has 2 N–H and O–H groups in total. The first-order valence-corrected chi connectivity index (χ1v) is 8.16. The van der Waals surface area contributed by atoms with Crippen LogP contribution in [0.1, 0.15) is 40.5 Å². The topological polar surface area (TPSA) is 61.4 Å². The number of hydrogen-bond acceptors (Lipinski definition) is 4. The Balaban J connectivity index is 2.43. The minimum atomic E-state index is -0.368. The van der Waals surface area contributed by atoms with Gasteiger partial charge in [0.2, 0.25) is 5.91 Å². The summed E-state index contributed by atoms with van der Waals surface area (Å²) in [7, 11) is 0. The molecule has 0 saturated carbocycles. The van der Waals surface area contributed by atoms with Crippen molar-refractivity contribution in [1.82, 2.24) is 15.5 Å². The van der Waals surface area contributed by atoms with Crippen LogP contribution in [-0.2, 0) is 9.59 Å². The zero-order valence-corrected chi connectivity index (χ0v) is 13.9. The van der Waals surface area contributed by atoms with Crippen LogP contribution in [0.5, 0.6) is 0 Å². The zero-order valence-electron chi connectivity index (χ0n) is 13.9. The number of likely N-dealkylation sites (N-methyl/N-ethyl adjacent to an activating group) is 1. The minimum Gasteiger partial charge on any atom is -0.345 e. The number of amides is 1. The molecular weight excluding hydrogens is 266 g/mol. The van der Waals surface area contributed by atoms with E-state index in [9.17, 15) is 9.59 Å². The molecule has 122 valence electrons. The summed E-state index contributed by atoms with van der Waals surface area (Å²) in [5, 5.41) is 6.28. The molecule has 0 radical (unpaired) electrons. The van der Waals surface area contributed by atoms with Gasteiger partial charge >= 0.3 is 0 Å². The molecule has 21 heavy (non-hydrogen) atoms. The molecule has 5 heteroatoms. The molecule has 0 spiro atoms. The molecule has 0 aromatic heterocycles. The molecule has 1 rings (SSSR count). The summed E-state index contributed by atoms with van der Waals surface area (Å²) in [6, 6.07) is -0.368. The predicted octanol–water partition coefficient (Wildman–Crippen LogP) is 1.04. The first-order chi connectivity index (χ1) is 9.93. The van der Waals surface area contributed by atoms with E-state index < -0.39 is 0 Å². The number of hydrogen-bond donors (Lipinski definition) is 2. The molecule has 0 aromatic rings. The second kappa shape index (κ2) is 9.15. The van der Waals surface area contributed by atoms with E-state index in [2.05, 4.69) is 22.5 Å². The van der Waals surface area contributed by atoms with Gasteiger partial charge in [-0.1, -0.05) is 20.8 Å². The number of piperidine rings is 1. The van der Waals surface area contributed by atoms with E-state index in [1.165, 1.54) is 19.8 Å². The molecule has 5 nitrogen and oxygen atoms in total. The smallest absolute Gasteiger partial charge is 0.234 e. The normalized spacial score (nSPS) is 20.6. The average molecular weight is 297 g/mol. The highest BCUT2D eigenvalue weighted by atomic mass is 16.2. The van der Waals surface area contributed by atoms with Gasteiger partial charge in [0, 0.05) is 6.54 Å². The van der Waals surface area contributed by atoms with Gasteiger partial charge in [0.1, 0.15) is 0 Å². The molecule has 1 fully saturated rings. The zero-order chi connectivity index (χ0) is 15.8. The molecule has 0 bridgehead atoms. The van der Waals surface area contributed by atoms with E-state index in [-0.39, 0.29) is 23.7 Å². The van der Waals surface area contributed by atoms with E-state index in [0.717, 1.165) is 26.2 Å². The van der Waals surface area contributed by atoms with Crippen molar-refractivity contribution < 1.29 is 9.59 Å². The minimum absolute atomic E-state index is 0.0258. The Hall–Kier alpha value is -0.940. The Labute approximate surface area is 128 Å². The molecule has 1 aliphatic heterocycles. The molecule has 1 aliphatic rings. The summed E-state index contributed by atoms with van der Waals surface area (Å²) in [6.45, 7) is 11.9. The Kier molecular flexibility index (Phi) is 7.89. The largest absolute Gasteiger partial charge is 0.345 e.